The number of fused-ring (bicyclic) bond motifs is 1. The molecule has 5 rings (SSSR count). The molecule has 0 spiro atoms. The Morgan fingerprint density at radius 1 is 1.15 bits per heavy atom. The minimum absolute atomic E-state index is 0.0126. The zero-order valence-electron chi connectivity index (χ0n) is 20.7. The molecule has 180 valence electrons. The molecule has 0 saturated carbocycles. The average molecular weight is 460 g/mol. The Balaban J connectivity index is 1.31. The van der Waals surface area contributed by atoms with Crippen LogP contribution >= 0.6 is 0 Å². The molecule has 6 nitrogen and oxygen atoms in total. The van der Waals surface area contributed by atoms with E-state index in [1.807, 2.05) is 43.3 Å². The zero-order valence-corrected chi connectivity index (χ0v) is 20.7. The van der Waals surface area contributed by atoms with Crippen molar-refractivity contribution in [2.24, 2.45) is 5.92 Å². The van der Waals surface area contributed by atoms with Crippen LogP contribution in [0.3, 0.4) is 0 Å². The highest BCUT2D eigenvalue weighted by Gasteiger charge is 2.48. The number of nitrogens with zero attached hydrogens (tertiary/aromatic N) is 3. The molecule has 34 heavy (non-hydrogen) atoms. The summed E-state index contributed by atoms with van der Waals surface area (Å²) in [7, 11) is 4.03. The largest absolute Gasteiger partial charge is 0.378 e. The number of anilines is 2. The van der Waals surface area contributed by atoms with Crippen molar-refractivity contribution in [2.75, 3.05) is 37.4 Å². The van der Waals surface area contributed by atoms with Gasteiger partial charge in [0.05, 0.1) is 11.4 Å². The Morgan fingerprint density at radius 3 is 2.71 bits per heavy atom. The van der Waals surface area contributed by atoms with E-state index in [-0.39, 0.29) is 11.7 Å². The van der Waals surface area contributed by atoms with Crippen LogP contribution in [0.25, 0.3) is 0 Å². The Kier molecular flexibility index (Phi) is 6.15. The Hall–Kier alpha value is -3.15. The van der Waals surface area contributed by atoms with Gasteiger partial charge in [0.2, 0.25) is 0 Å². The van der Waals surface area contributed by atoms with Crippen molar-refractivity contribution in [3.63, 3.8) is 0 Å². The molecule has 2 N–H and O–H groups in total. The van der Waals surface area contributed by atoms with Gasteiger partial charge in [-0.1, -0.05) is 12.2 Å². The maximum Gasteiger partial charge on any atom is 0.321 e. The Morgan fingerprint density at radius 2 is 1.97 bits per heavy atom. The fraction of sp³-hybridized carbons (Fsp3) is 0.464. The van der Waals surface area contributed by atoms with Crippen LogP contribution in [0.5, 0.6) is 0 Å². The summed E-state index contributed by atoms with van der Waals surface area (Å²) in [6, 6.07) is 7.99. The van der Waals surface area contributed by atoms with E-state index in [4.69, 9.17) is 0 Å². The fourth-order valence-corrected chi connectivity index (χ4v) is 5.70. The van der Waals surface area contributed by atoms with Crippen LogP contribution in [0.4, 0.5) is 16.2 Å². The van der Waals surface area contributed by atoms with Crippen molar-refractivity contribution in [2.45, 2.75) is 51.1 Å². The first-order valence-electron chi connectivity index (χ1n) is 12.6. The fourth-order valence-electron chi connectivity index (χ4n) is 5.70. The van der Waals surface area contributed by atoms with Crippen molar-refractivity contribution >= 4 is 17.4 Å². The van der Waals surface area contributed by atoms with E-state index in [9.17, 15) is 4.79 Å². The summed E-state index contributed by atoms with van der Waals surface area (Å²) in [6.07, 6.45) is 18.0. The first kappa shape index (κ1) is 22.6. The summed E-state index contributed by atoms with van der Waals surface area (Å²) in [5.41, 5.74) is 5.69. The summed E-state index contributed by atoms with van der Waals surface area (Å²) in [6.45, 7) is 3.83. The molecule has 1 aliphatic carbocycles. The van der Waals surface area contributed by atoms with Crippen molar-refractivity contribution in [3.05, 3.63) is 71.7 Å². The lowest BCUT2D eigenvalue weighted by Gasteiger charge is -2.46. The highest BCUT2D eigenvalue weighted by atomic mass is 16.2. The van der Waals surface area contributed by atoms with Crippen molar-refractivity contribution < 1.29 is 4.79 Å². The van der Waals surface area contributed by atoms with Crippen LogP contribution in [0.2, 0.25) is 0 Å². The van der Waals surface area contributed by atoms with Gasteiger partial charge in [-0.3, -0.25) is 0 Å². The van der Waals surface area contributed by atoms with Crippen molar-refractivity contribution in [1.29, 1.82) is 0 Å². The van der Waals surface area contributed by atoms with E-state index >= 15 is 0 Å². The summed E-state index contributed by atoms with van der Waals surface area (Å²) in [4.78, 5) is 19.6. The maximum absolute atomic E-state index is 13.2. The summed E-state index contributed by atoms with van der Waals surface area (Å²) in [5, 5.41) is 7.05. The predicted molar refractivity (Wildman–Crippen MR) is 139 cm³/mol. The second-order valence-electron chi connectivity index (χ2n) is 10.2. The number of amides is 2. The smallest absolute Gasteiger partial charge is 0.321 e. The summed E-state index contributed by atoms with van der Waals surface area (Å²) < 4.78 is 0. The van der Waals surface area contributed by atoms with Crippen molar-refractivity contribution in [3.8, 4) is 0 Å². The average Bonchev–Trinajstić information content (AvgIpc) is 3.19. The van der Waals surface area contributed by atoms with Gasteiger partial charge >= 0.3 is 6.03 Å². The van der Waals surface area contributed by atoms with Gasteiger partial charge in [0.25, 0.3) is 0 Å². The van der Waals surface area contributed by atoms with E-state index in [1.54, 1.807) is 0 Å². The number of hydrogen-bond donors (Lipinski definition) is 2. The molecule has 1 aromatic carbocycles. The third-order valence-corrected chi connectivity index (χ3v) is 7.75. The molecule has 1 aromatic rings. The van der Waals surface area contributed by atoms with Gasteiger partial charge in [-0.2, -0.15) is 0 Å². The molecule has 0 aromatic heterocycles. The Bertz CT molecular complexity index is 1050. The SMILES string of the molecule is CN(C)c1ccc(NC(=O)N2CCC[C@@H](C3(C)NC(C4=CCCCC4)=C4C=CC=CN43)C2)cc1. The number of hydrogen-bond acceptors (Lipinski definition) is 4. The number of benzene rings is 1. The Labute approximate surface area is 203 Å². The highest BCUT2D eigenvalue weighted by molar-refractivity contribution is 5.89. The second kappa shape index (κ2) is 9.24. The first-order chi connectivity index (χ1) is 16.5. The maximum atomic E-state index is 13.2. The van der Waals surface area contributed by atoms with Crippen LogP contribution in [0.1, 0.15) is 45.4 Å². The quantitative estimate of drug-likeness (QED) is 0.632. The lowest BCUT2D eigenvalue weighted by atomic mass is 9.85. The van der Waals surface area contributed by atoms with Gasteiger partial charge in [-0.25, -0.2) is 4.79 Å². The predicted octanol–water partition coefficient (Wildman–Crippen LogP) is 5.41. The molecule has 4 aliphatic rings. The topological polar surface area (TPSA) is 50.9 Å². The van der Waals surface area contributed by atoms with Crippen LogP contribution in [-0.4, -0.2) is 48.7 Å². The van der Waals surface area contributed by atoms with E-state index < -0.39 is 0 Å². The standard InChI is InChI=1S/C28H37N5O/c1-28(30-26(21-10-5-4-6-11-21)25-13-7-8-19-33(25)28)22-12-9-18-32(20-22)27(34)29-23-14-16-24(17-15-23)31(2)3/h7-8,10,13-17,19,22,30H,4-6,9,11-12,18,20H2,1-3H3,(H,29,34)/t22-,28?/m1/s1. The highest BCUT2D eigenvalue weighted by Crippen LogP contribution is 2.43. The van der Waals surface area contributed by atoms with Crippen molar-refractivity contribution in [1.82, 2.24) is 15.1 Å². The number of likely N-dealkylation sites (tertiary alicyclic amines) is 1. The molecule has 2 amide bonds. The van der Waals surface area contributed by atoms with Gasteiger partial charge in [-0.05, 0) is 87.4 Å². The lowest BCUT2D eigenvalue weighted by Crippen LogP contribution is -2.59. The molecular weight excluding hydrogens is 422 g/mol. The number of carbonyl (C=O) groups is 1. The third-order valence-electron chi connectivity index (χ3n) is 7.75. The van der Waals surface area contributed by atoms with Crippen LogP contribution < -0.4 is 15.5 Å². The van der Waals surface area contributed by atoms with Crippen LogP contribution in [0.15, 0.2) is 71.7 Å². The number of rotatable bonds is 4. The number of urea groups is 1. The molecular formula is C28H37N5O. The molecule has 3 heterocycles. The zero-order chi connectivity index (χ0) is 23.7. The van der Waals surface area contributed by atoms with E-state index in [2.05, 4.69) is 57.9 Å². The van der Waals surface area contributed by atoms with E-state index in [0.29, 0.717) is 5.92 Å². The number of allylic oxidation sites excluding steroid dienone is 5. The van der Waals surface area contributed by atoms with Crippen LogP contribution in [0, 0.1) is 5.92 Å². The minimum atomic E-state index is -0.253. The number of carbonyl (C=O) groups excluding carboxylic acids is 1. The molecule has 0 radical (unpaired) electrons. The molecule has 1 unspecified atom stereocenters. The van der Waals surface area contributed by atoms with Gasteiger partial charge in [0.15, 0.2) is 0 Å². The third kappa shape index (κ3) is 4.22. The molecule has 3 aliphatic heterocycles. The molecule has 2 atom stereocenters. The monoisotopic (exact) mass is 459 g/mol. The van der Waals surface area contributed by atoms with Gasteiger partial charge < -0.3 is 25.3 Å². The number of nitrogens with one attached hydrogen (secondary N) is 2. The molecule has 0 bridgehead atoms. The van der Waals surface area contributed by atoms with Gasteiger partial charge in [0.1, 0.15) is 5.66 Å². The van der Waals surface area contributed by atoms with E-state index in [0.717, 1.165) is 50.1 Å². The van der Waals surface area contributed by atoms with Gasteiger partial charge in [-0.15, -0.1) is 0 Å². The van der Waals surface area contributed by atoms with Crippen LogP contribution in [-0.2, 0) is 0 Å². The molecule has 1 fully saturated rings. The lowest BCUT2D eigenvalue weighted by molar-refractivity contribution is 0.0660. The number of piperidine rings is 1. The summed E-state index contributed by atoms with van der Waals surface area (Å²) in [5.74, 6) is 0.316. The van der Waals surface area contributed by atoms with E-state index in [1.165, 1.54) is 29.8 Å². The molecule has 6 heteroatoms. The molecule has 1 saturated heterocycles. The minimum Gasteiger partial charge on any atom is -0.378 e. The normalized spacial score (nSPS) is 26.2. The summed E-state index contributed by atoms with van der Waals surface area (Å²) >= 11 is 0. The second-order valence-corrected chi connectivity index (χ2v) is 10.2. The first-order valence-corrected chi connectivity index (χ1v) is 12.6. The van der Waals surface area contributed by atoms with Gasteiger partial charge in [0, 0.05) is 50.7 Å².